The van der Waals surface area contributed by atoms with E-state index in [1.165, 1.54) is 0 Å². The van der Waals surface area contributed by atoms with Gasteiger partial charge in [0.25, 0.3) is 0 Å². The molecule has 1 unspecified atom stereocenters. The highest BCUT2D eigenvalue weighted by molar-refractivity contribution is 5.74. The van der Waals surface area contributed by atoms with Gasteiger partial charge in [0, 0.05) is 26.2 Å². The van der Waals surface area contributed by atoms with Crippen LogP contribution in [0.25, 0.3) is 0 Å². The lowest BCUT2D eigenvalue weighted by atomic mass is 10.1. The van der Waals surface area contributed by atoms with Crippen LogP contribution in [0.3, 0.4) is 0 Å². The fourth-order valence-corrected chi connectivity index (χ4v) is 3.61. The van der Waals surface area contributed by atoms with Crippen LogP contribution >= 0.6 is 0 Å². The molecule has 8 nitrogen and oxygen atoms in total. The Labute approximate surface area is 205 Å². The van der Waals surface area contributed by atoms with Gasteiger partial charge in [0.2, 0.25) is 6.79 Å². The number of hydrogen-bond acceptors (Lipinski definition) is 6. The molecule has 35 heavy (non-hydrogen) atoms. The van der Waals surface area contributed by atoms with Crippen molar-refractivity contribution in [2.45, 2.75) is 26.5 Å². The Balaban J connectivity index is 0.000000363. The summed E-state index contributed by atoms with van der Waals surface area (Å²) < 4.78 is 16.9. The van der Waals surface area contributed by atoms with Crippen molar-refractivity contribution in [3.05, 3.63) is 82.9 Å². The minimum Gasteiger partial charge on any atom is -0.484 e. The predicted octanol–water partition coefficient (Wildman–Crippen LogP) is 4.72. The molecular formula is C27H31N3O5. The zero-order valence-electron chi connectivity index (χ0n) is 20.4. The first kappa shape index (κ1) is 25.4. The van der Waals surface area contributed by atoms with Gasteiger partial charge in [-0.1, -0.05) is 42.5 Å². The molecule has 0 radical (unpaired) electrons. The van der Waals surface area contributed by atoms with Gasteiger partial charge in [-0.25, -0.2) is 4.79 Å². The van der Waals surface area contributed by atoms with Gasteiger partial charge in [-0.05, 0) is 48.7 Å². The van der Waals surface area contributed by atoms with Crippen molar-refractivity contribution >= 4 is 18.0 Å². The maximum Gasteiger partial charge on any atom is 0.317 e. The van der Waals surface area contributed by atoms with Crippen molar-refractivity contribution in [3.63, 3.8) is 0 Å². The molecule has 1 aliphatic heterocycles. The van der Waals surface area contributed by atoms with Gasteiger partial charge < -0.3 is 30.2 Å². The number of fused-ring (bicyclic) bond motifs is 1. The number of aldehydes is 1. The van der Waals surface area contributed by atoms with E-state index in [9.17, 15) is 9.59 Å². The highest BCUT2D eigenvalue weighted by atomic mass is 16.7. The fraction of sp³-hybridized carbons (Fsp3) is 0.259. The molecule has 4 rings (SSSR count). The Morgan fingerprint density at radius 3 is 2.49 bits per heavy atom. The average Bonchev–Trinajstić information content (AvgIpc) is 3.34. The molecule has 184 valence electrons. The molecule has 0 saturated heterocycles. The minimum absolute atomic E-state index is 0.150. The summed E-state index contributed by atoms with van der Waals surface area (Å²) in [5.41, 5.74) is 10.3. The number of hydrogen-bond donors (Lipinski definition) is 2. The van der Waals surface area contributed by atoms with E-state index in [0.717, 1.165) is 40.0 Å². The van der Waals surface area contributed by atoms with Crippen molar-refractivity contribution < 1.29 is 23.8 Å². The van der Waals surface area contributed by atoms with E-state index in [1.54, 1.807) is 31.1 Å². The Morgan fingerprint density at radius 1 is 1.14 bits per heavy atom. The molecule has 0 fully saturated rings. The van der Waals surface area contributed by atoms with Gasteiger partial charge in [-0.2, -0.15) is 0 Å². The second kappa shape index (κ2) is 11.8. The van der Waals surface area contributed by atoms with Crippen LogP contribution in [0.5, 0.6) is 17.2 Å². The molecule has 0 spiro atoms. The van der Waals surface area contributed by atoms with Gasteiger partial charge in [0.1, 0.15) is 18.1 Å². The van der Waals surface area contributed by atoms with Crippen molar-refractivity contribution in [1.29, 1.82) is 0 Å². The maximum atomic E-state index is 11.7. The molecule has 1 heterocycles. The second-order valence-electron chi connectivity index (χ2n) is 8.14. The van der Waals surface area contributed by atoms with Crippen LogP contribution in [0, 0.1) is 6.92 Å². The summed E-state index contributed by atoms with van der Waals surface area (Å²) >= 11 is 0. The van der Waals surface area contributed by atoms with E-state index in [2.05, 4.69) is 5.32 Å². The Bertz CT molecular complexity index is 1140. The first-order chi connectivity index (χ1) is 16.8. The molecule has 3 aromatic carbocycles. The number of nitrogens with zero attached hydrogens (tertiary/aromatic N) is 1. The average molecular weight is 478 g/mol. The van der Waals surface area contributed by atoms with Gasteiger partial charge >= 0.3 is 6.03 Å². The summed E-state index contributed by atoms with van der Waals surface area (Å²) in [6.07, 6.45) is 0.625. The van der Waals surface area contributed by atoms with Crippen LogP contribution in [-0.2, 0) is 6.54 Å². The molecule has 3 aromatic rings. The lowest BCUT2D eigenvalue weighted by Gasteiger charge is -2.21. The second-order valence-corrected chi connectivity index (χ2v) is 8.14. The lowest BCUT2D eigenvalue weighted by Crippen LogP contribution is -2.34. The van der Waals surface area contributed by atoms with Crippen LogP contribution in [-0.4, -0.2) is 38.1 Å². The number of anilines is 1. The first-order valence-corrected chi connectivity index (χ1v) is 11.2. The number of nitrogens with two attached hydrogens (primary N) is 1. The molecule has 0 aromatic heterocycles. The number of rotatable bonds is 6. The van der Waals surface area contributed by atoms with E-state index in [4.69, 9.17) is 19.9 Å². The van der Waals surface area contributed by atoms with Gasteiger partial charge in [0.15, 0.2) is 11.5 Å². The molecule has 8 heteroatoms. The summed E-state index contributed by atoms with van der Waals surface area (Å²) in [6.45, 7) is 4.61. The number of urea groups is 1. The molecule has 3 N–H and O–H groups in total. The standard InChI is InChI=1S/C20H25N3O4.C7H6O/c1-12-7-14(10-23(4)20(24)22-3)8-16(21)19(12)27-13(2)15-5-6-17-18(9-15)26-11-25-17;8-6-7-4-2-1-3-5-7/h5-9,13H,10-11,21H2,1-4H3,(H,22,24);1-6H. The predicted molar refractivity (Wildman–Crippen MR) is 135 cm³/mol. The number of amides is 2. The largest absolute Gasteiger partial charge is 0.484 e. The molecule has 1 atom stereocenters. The minimum atomic E-state index is -0.208. The van der Waals surface area contributed by atoms with Gasteiger partial charge in [-0.15, -0.1) is 0 Å². The fourth-order valence-electron chi connectivity index (χ4n) is 3.61. The normalized spacial score (nSPS) is 12.1. The third-order valence-corrected chi connectivity index (χ3v) is 5.44. The third kappa shape index (κ3) is 6.66. The van der Waals surface area contributed by atoms with Crippen molar-refractivity contribution in [2.75, 3.05) is 26.6 Å². The van der Waals surface area contributed by atoms with Crippen LogP contribution < -0.4 is 25.3 Å². The van der Waals surface area contributed by atoms with Crippen LogP contribution in [0.2, 0.25) is 0 Å². The van der Waals surface area contributed by atoms with Crippen molar-refractivity contribution in [2.24, 2.45) is 0 Å². The number of nitrogens with one attached hydrogen (secondary N) is 1. The Hall–Kier alpha value is -4.20. The smallest absolute Gasteiger partial charge is 0.317 e. The van der Waals surface area contributed by atoms with Crippen LogP contribution in [0.15, 0.2) is 60.7 Å². The zero-order chi connectivity index (χ0) is 25.4. The Kier molecular flexibility index (Phi) is 8.56. The summed E-state index contributed by atoms with van der Waals surface area (Å²) in [6, 6.07) is 18.5. The van der Waals surface area contributed by atoms with Crippen molar-refractivity contribution in [3.8, 4) is 17.2 Å². The molecule has 0 saturated carbocycles. The summed E-state index contributed by atoms with van der Waals surface area (Å²) in [5.74, 6) is 2.11. The van der Waals surface area contributed by atoms with Crippen LogP contribution in [0.1, 0.15) is 40.1 Å². The zero-order valence-corrected chi connectivity index (χ0v) is 20.4. The number of carbonyl (C=O) groups excluding carboxylic acids is 2. The number of aryl methyl sites for hydroxylation is 1. The van der Waals surface area contributed by atoms with Gasteiger partial charge in [0.05, 0.1) is 5.69 Å². The lowest BCUT2D eigenvalue weighted by molar-refractivity contribution is 0.112. The van der Waals surface area contributed by atoms with E-state index in [-0.39, 0.29) is 18.9 Å². The summed E-state index contributed by atoms with van der Waals surface area (Å²) in [7, 11) is 3.34. The third-order valence-electron chi connectivity index (χ3n) is 5.44. The SMILES string of the molecule is CNC(=O)N(C)Cc1cc(C)c(OC(C)c2ccc3c(c2)OCO3)c(N)c1.O=Cc1ccccc1. The molecule has 2 amide bonds. The van der Waals surface area contributed by atoms with Crippen LogP contribution in [0.4, 0.5) is 10.5 Å². The molecule has 0 aliphatic carbocycles. The highest BCUT2D eigenvalue weighted by Crippen LogP contribution is 2.37. The quantitative estimate of drug-likeness (QED) is 0.394. The van der Waals surface area contributed by atoms with E-state index < -0.39 is 0 Å². The van der Waals surface area contributed by atoms with Crippen molar-refractivity contribution in [1.82, 2.24) is 10.2 Å². The number of carbonyl (C=O) groups is 2. The highest BCUT2D eigenvalue weighted by Gasteiger charge is 2.18. The summed E-state index contributed by atoms with van der Waals surface area (Å²) in [5, 5.41) is 2.60. The van der Waals surface area contributed by atoms with E-state index in [0.29, 0.717) is 18.0 Å². The topological polar surface area (TPSA) is 103 Å². The number of ether oxygens (including phenoxy) is 3. The molecule has 1 aliphatic rings. The summed E-state index contributed by atoms with van der Waals surface area (Å²) in [4.78, 5) is 23.3. The monoisotopic (exact) mass is 477 g/mol. The molecular weight excluding hydrogens is 446 g/mol. The van der Waals surface area contributed by atoms with E-state index >= 15 is 0 Å². The van der Waals surface area contributed by atoms with E-state index in [1.807, 2.05) is 62.4 Å². The Morgan fingerprint density at radius 2 is 1.86 bits per heavy atom. The maximum absolute atomic E-state index is 11.7. The number of nitrogen functional groups attached to an aromatic ring is 1. The molecule has 0 bridgehead atoms. The first-order valence-electron chi connectivity index (χ1n) is 11.2. The number of benzene rings is 3. The van der Waals surface area contributed by atoms with Gasteiger partial charge in [-0.3, -0.25) is 4.79 Å².